The summed E-state index contributed by atoms with van der Waals surface area (Å²) >= 11 is 6.77. The molecule has 0 saturated carbocycles. The van der Waals surface area contributed by atoms with Gasteiger partial charge in [-0.15, -0.1) is 0 Å². The molecule has 2 aromatic carbocycles. The van der Waals surface area contributed by atoms with E-state index in [9.17, 15) is 4.39 Å². The number of hydrogen-bond donors (Lipinski definition) is 0. The molecule has 2 aromatic rings. The normalized spacial score (nSPS) is 10.5. The van der Waals surface area contributed by atoms with Gasteiger partial charge in [0.05, 0.1) is 5.69 Å². The average Bonchev–Trinajstić information content (AvgIpc) is 2.38. The monoisotopic (exact) mass is 385 g/mol. The van der Waals surface area contributed by atoms with E-state index >= 15 is 0 Å². The Morgan fingerprint density at radius 3 is 2.53 bits per heavy atom. The first kappa shape index (κ1) is 14.5. The molecule has 0 unspecified atom stereocenters. The van der Waals surface area contributed by atoms with Gasteiger partial charge in [-0.2, -0.15) is 0 Å². The van der Waals surface area contributed by atoms with Gasteiger partial charge in [-0.3, -0.25) is 0 Å². The molecule has 2 rings (SSSR count). The Morgan fingerprint density at radius 2 is 1.89 bits per heavy atom. The van der Waals surface area contributed by atoms with Crippen LogP contribution in [0.15, 0.2) is 46.9 Å². The van der Waals surface area contributed by atoms with E-state index in [1.54, 1.807) is 6.07 Å². The van der Waals surface area contributed by atoms with Crippen molar-refractivity contribution in [2.75, 3.05) is 11.9 Å². The molecule has 0 saturated heterocycles. The largest absolute Gasteiger partial charge is 0.368 e. The zero-order valence-corrected chi connectivity index (χ0v) is 13.7. The number of nitrogens with zero attached hydrogens (tertiary/aromatic N) is 1. The van der Waals surface area contributed by atoms with Crippen molar-refractivity contribution >= 4 is 37.5 Å². The van der Waals surface area contributed by atoms with Gasteiger partial charge in [-0.05, 0) is 35.4 Å². The maximum atomic E-state index is 14.0. The Hall–Kier alpha value is -0.870. The van der Waals surface area contributed by atoms with Gasteiger partial charge < -0.3 is 4.90 Å². The minimum atomic E-state index is -0.186. The highest BCUT2D eigenvalue weighted by atomic mass is 79.9. The van der Waals surface area contributed by atoms with Crippen LogP contribution in [0.3, 0.4) is 0 Å². The fourth-order valence-electron chi connectivity index (χ4n) is 1.94. The number of rotatable bonds is 4. The highest BCUT2D eigenvalue weighted by Gasteiger charge is 2.09. The molecule has 0 aliphatic heterocycles. The van der Waals surface area contributed by atoms with E-state index in [4.69, 9.17) is 0 Å². The van der Waals surface area contributed by atoms with Gasteiger partial charge >= 0.3 is 0 Å². The summed E-state index contributed by atoms with van der Waals surface area (Å²) in [4.78, 5) is 1.91. The van der Waals surface area contributed by atoms with Gasteiger partial charge in [-0.25, -0.2) is 4.39 Å². The molecule has 0 N–H and O–H groups in total. The zero-order valence-electron chi connectivity index (χ0n) is 10.5. The van der Waals surface area contributed by atoms with E-state index < -0.39 is 0 Å². The summed E-state index contributed by atoms with van der Waals surface area (Å²) in [5, 5.41) is 0.666. The molecule has 0 radical (unpaired) electrons. The Bertz CT molecular complexity index is 572. The van der Waals surface area contributed by atoms with Crippen LogP contribution >= 0.6 is 31.9 Å². The van der Waals surface area contributed by atoms with Crippen LogP contribution in [0.1, 0.15) is 11.1 Å². The molecule has 4 heteroatoms. The van der Waals surface area contributed by atoms with E-state index in [1.807, 2.05) is 48.3 Å². The zero-order chi connectivity index (χ0) is 13.8. The summed E-state index contributed by atoms with van der Waals surface area (Å²) in [6.07, 6.45) is 0. The van der Waals surface area contributed by atoms with Crippen molar-refractivity contribution in [1.29, 1.82) is 0 Å². The van der Waals surface area contributed by atoms with Gasteiger partial charge in [-0.1, -0.05) is 50.1 Å². The first-order chi connectivity index (χ1) is 9.10. The molecule has 19 heavy (non-hydrogen) atoms. The molecule has 0 atom stereocenters. The van der Waals surface area contributed by atoms with Gasteiger partial charge in [0.1, 0.15) is 5.82 Å². The lowest BCUT2D eigenvalue weighted by molar-refractivity contribution is 0.621. The molecule has 0 bridgehead atoms. The number of anilines is 1. The van der Waals surface area contributed by atoms with Crippen LogP contribution in [-0.2, 0) is 11.9 Å². The SMILES string of the molecule is CN(Cc1cccc(Br)c1)c1ccc(CBr)cc1F. The number of alkyl halides is 1. The molecule has 100 valence electrons. The van der Waals surface area contributed by atoms with Crippen molar-refractivity contribution in [3.63, 3.8) is 0 Å². The Kier molecular flexibility index (Phi) is 4.99. The maximum Gasteiger partial charge on any atom is 0.146 e. The molecule has 0 aliphatic carbocycles. The summed E-state index contributed by atoms with van der Waals surface area (Å²) in [6.45, 7) is 0.671. The van der Waals surface area contributed by atoms with Crippen LogP contribution in [0.4, 0.5) is 10.1 Å². The average molecular weight is 387 g/mol. The predicted octanol–water partition coefficient (Wildman–Crippen LogP) is 5.12. The summed E-state index contributed by atoms with van der Waals surface area (Å²) in [6, 6.07) is 13.4. The first-order valence-corrected chi connectivity index (χ1v) is 7.81. The number of benzene rings is 2. The maximum absolute atomic E-state index is 14.0. The minimum absolute atomic E-state index is 0.186. The van der Waals surface area contributed by atoms with Crippen molar-refractivity contribution < 1.29 is 4.39 Å². The third-order valence-corrected chi connectivity index (χ3v) is 4.03. The molecule has 0 aromatic heterocycles. The Balaban J connectivity index is 2.18. The smallest absolute Gasteiger partial charge is 0.146 e. The molecular weight excluding hydrogens is 373 g/mol. The summed E-state index contributed by atoms with van der Waals surface area (Å²) < 4.78 is 15.0. The van der Waals surface area contributed by atoms with Crippen LogP contribution < -0.4 is 4.90 Å². The van der Waals surface area contributed by atoms with Crippen LogP contribution in [0.25, 0.3) is 0 Å². The van der Waals surface area contributed by atoms with E-state index in [2.05, 4.69) is 31.9 Å². The van der Waals surface area contributed by atoms with Gasteiger partial charge in [0, 0.05) is 23.4 Å². The van der Waals surface area contributed by atoms with E-state index in [0.717, 1.165) is 15.6 Å². The highest BCUT2D eigenvalue weighted by Crippen LogP contribution is 2.23. The predicted molar refractivity (Wildman–Crippen MR) is 85.3 cm³/mol. The number of hydrogen-bond acceptors (Lipinski definition) is 1. The highest BCUT2D eigenvalue weighted by molar-refractivity contribution is 9.10. The number of halogens is 3. The quantitative estimate of drug-likeness (QED) is 0.659. The minimum Gasteiger partial charge on any atom is -0.368 e. The van der Waals surface area contributed by atoms with Crippen molar-refractivity contribution in [2.45, 2.75) is 11.9 Å². The lowest BCUT2D eigenvalue weighted by Gasteiger charge is -2.20. The van der Waals surface area contributed by atoms with Crippen molar-refractivity contribution in [2.24, 2.45) is 0 Å². The lowest BCUT2D eigenvalue weighted by Crippen LogP contribution is -2.17. The van der Waals surface area contributed by atoms with Crippen molar-refractivity contribution in [3.05, 3.63) is 63.9 Å². The molecule has 0 aliphatic rings. The van der Waals surface area contributed by atoms with Crippen molar-refractivity contribution in [1.82, 2.24) is 0 Å². The standard InChI is InChI=1S/C15H14Br2FN/c1-19(10-12-3-2-4-13(17)7-12)15-6-5-11(9-16)8-14(15)18/h2-8H,9-10H2,1H3. The van der Waals surface area contributed by atoms with Gasteiger partial charge in [0.2, 0.25) is 0 Å². The summed E-state index contributed by atoms with van der Waals surface area (Å²) in [5.41, 5.74) is 2.70. The fraction of sp³-hybridized carbons (Fsp3) is 0.200. The molecular formula is C15H14Br2FN. The molecule has 0 fully saturated rings. The second kappa shape index (κ2) is 6.53. The fourth-order valence-corrected chi connectivity index (χ4v) is 2.73. The van der Waals surface area contributed by atoms with Crippen LogP contribution in [-0.4, -0.2) is 7.05 Å². The Morgan fingerprint density at radius 1 is 1.11 bits per heavy atom. The Labute approximate surface area is 129 Å². The van der Waals surface area contributed by atoms with Gasteiger partial charge in [0.25, 0.3) is 0 Å². The second-order valence-electron chi connectivity index (χ2n) is 4.41. The van der Waals surface area contributed by atoms with Gasteiger partial charge in [0.15, 0.2) is 0 Å². The molecule has 1 nitrogen and oxygen atoms in total. The first-order valence-electron chi connectivity index (χ1n) is 5.90. The lowest BCUT2D eigenvalue weighted by atomic mass is 10.1. The van der Waals surface area contributed by atoms with E-state index in [-0.39, 0.29) is 5.82 Å². The molecule has 0 spiro atoms. The third-order valence-electron chi connectivity index (χ3n) is 2.89. The van der Waals surface area contributed by atoms with E-state index in [0.29, 0.717) is 17.6 Å². The third kappa shape index (κ3) is 3.80. The molecule has 0 heterocycles. The second-order valence-corrected chi connectivity index (χ2v) is 5.88. The summed E-state index contributed by atoms with van der Waals surface area (Å²) in [5.74, 6) is -0.186. The van der Waals surface area contributed by atoms with Crippen LogP contribution in [0.5, 0.6) is 0 Å². The van der Waals surface area contributed by atoms with E-state index in [1.165, 1.54) is 0 Å². The van der Waals surface area contributed by atoms with Crippen LogP contribution in [0, 0.1) is 5.82 Å². The summed E-state index contributed by atoms with van der Waals surface area (Å²) in [7, 11) is 1.90. The molecule has 0 amide bonds. The topological polar surface area (TPSA) is 3.24 Å². The van der Waals surface area contributed by atoms with Crippen molar-refractivity contribution in [3.8, 4) is 0 Å². The van der Waals surface area contributed by atoms with Crippen LogP contribution in [0.2, 0.25) is 0 Å².